The number of hydrogen-bond acceptors (Lipinski definition) is 15. The van der Waals surface area contributed by atoms with E-state index in [4.69, 9.17) is 8.83 Å². The highest BCUT2D eigenvalue weighted by Gasteiger charge is 2.37. The molecule has 0 fully saturated rings. The number of pyridine rings is 2. The van der Waals surface area contributed by atoms with Crippen LogP contribution in [0.15, 0.2) is 112 Å². The Morgan fingerprint density at radius 2 is 1.16 bits per heavy atom. The maximum absolute atomic E-state index is 13.7. The Balaban J connectivity index is 0.000000208. The number of fused-ring (bicyclic) bond motifs is 4. The summed E-state index contributed by atoms with van der Waals surface area (Å²) >= 11 is 0. The van der Waals surface area contributed by atoms with Crippen molar-refractivity contribution in [2.24, 2.45) is 0 Å². The number of nitrogens with one attached hydrogen (secondary N) is 1. The zero-order valence-electron chi connectivity index (χ0n) is 40.2. The van der Waals surface area contributed by atoms with E-state index < -0.39 is 57.2 Å². The number of carbonyl (C=O) groups is 2. The van der Waals surface area contributed by atoms with E-state index in [2.05, 4.69) is 28.4 Å². The first-order valence-corrected chi connectivity index (χ1v) is 27.9. The van der Waals surface area contributed by atoms with E-state index in [0.717, 1.165) is 33.3 Å². The number of benzene rings is 3. The molecule has 2 aliphatic heterocycles. The van der Waals surface area contributed by atoms with Gasteiger partial charge in [-0.2, -0.15) is 14.3 Å². The lowest BCUT2D eigenvalue weighted by atomic mass is 9.99. The van der Waals surface area contributed by atoms with Crippen LogP contribution in [-0.4, -0.2) is 108 Å². The van der Waals surface area contributed by atoms with Gasteiger partial charge in [-0.3, -0.25) is 28.3 Å². The second-order valence-corrected chi connectivity index (χ2v) is 22.9. The molecule has 6 heterocycles. The van der Waals surface area contributed by atoms with Gasteiger partial charge in [-0.25, -0.2) is 34.0 Å². The molecule has 0 saturated carbocycles. The number of anilines is 2. The highest BCUT2D eigenvalue weighted by atomic mass is 32.2. The molecule has 0 atom stereocenters. The third kappa shape index (κ3) is 10.2. The van der Waals surface area contributed by atoms with Crippen LogP contribution in [0.2, 0.25) is 0 Å². The van der Waals surface area contributed by atoms with Gasteiger partial charge in [0.1, 0.15) is 23.2 Å². The van der Waals surface area contributed by atoms with Gasteiger partial charge in [-0.15, -0.1) is 0 Å². The van der Waals surface area contributed by atoms with E-state index in [-0.39, 0.29) is 107 Å². The van der Waals surface area contributed by atoms with Crippen LogP contribution >= 0.6 is 0 Å². The fourth-order valence-corrected chi connectivity index (χ4v) is 11.9. The molecular formula is C50H47F2N7O12S3. The lowest BCUT2D eigenvalue weighted by Crippen LogP contribution is -2.44. The van der Waals surface area contributed by atoms with Crippen molar-refractivity contribution >= 4 is 92.3 Å². The third-order valence-electron chi connectivity index (χ3n) is 12.2. The number of sulfonamides is 3. The Morgan fingerprint density at radius 3 is 1.62 bits per heavy atom. The first-order chi connectivity index (χ1) is 34.9. The number of carbonyl (C=O) groups excluding carboxylic acids is 2. The van der Waals surface area contributed by atoms with Crippen LogP contribution in [-0.2, 0) is 30.1 Å². The number of furan rings is 2. The molecule has 9 rings (SSSR count). The van der Waals surface area contributed by atoms with E-state index in [9.17, 15) is 53.7 Å². The Bertz CT molecular complexity index is 3810. The number of Topliss-reactive ketones (excluding diaryl/α,β-unsaturated/α-hetero) is 2. The van der Waals surface area contributed by atoms with Crippen LogP contribution in [0.4, 0.5) is 26.1 Å². The quantitative estimate of drug-likeness (QED) is 0.0727. The summed E-state index contributed by atoms with van der Waals surface area (Å²) in [6.07, 6.45) is 2.35. The van der Waals surface area contributed by atoms with Crippen LogP contribution in [0, 0.1) is 21.7 Å². The van der Waals surface area contributed by atoms with E-state index in [0.29, 0.717) is 46.3 Å². The number of hydrogen-bond donors (Lipinski definition) is 1. The predicted octanol–water partition coefficient (Wildman–Crippen LogP) is 8.23. The van der Waals surface area contributed by atoms with Crippen molar-refractivity contribution in [3.05, 3.63) is 142 Å². The largest absolute Gasteiger partial charge is 0.437 e. The van der Waals surface area contributed by atoms with Gasteiger partial charge in [0.2, 0.25) is 41.5 Å². The number of nitro groups is 1. The maximum atomic E-state index is 13.7. The molecule has 3 aromatic carbocycles. The van der Waals surface area contributed by atoms with E-state index in [1.165, 1.54) is 71.0 Å². The second-order valence-electron chi connectivity index (χ2n) is 17.2. The lowest BCUT2D eigenvalue weighted by Gasteiger charge is -2.31. The van der Waals surface area contributed by atoms with Gasteiger partial charge in [-0.1, -0.05) is 39.1 Å². The van der Waals surface area contributed by atoms with Crippen molar-refractivity contribution in [2.45, 2.75) is 31.6 Å². The van der Waals surface area contributed by atoms with Gasteiger partial charge in [-0.05, 0) is 77.9 Å². The number of rotatable bonds is 11. The average Bonchev–Trinajstić information content (AvgIpc) is 3.92. The van der Waals surface area contributed by atoms with Gasteiger partial charge in [0.05, 0.1) is 39.3 Å². The Labute approximate surface area is 424 Å². The Morgan fingerprint density at radius 1 is 0.703 bits per heavy atom. The number of para-hydroxylation sites is 1. The summed E-state index contributed by atoms with van der Waals surface area (Å²) in [6.45, 7) is 11.4. The fraction of sp³-hybridized carbons (Fsp3) is 0.240. The number of aromatic nitrogens is 2. The molecule has 1 N–H and O–H groups in total. The predicted molar refractivity (Wildman–Crippen MR) is 275 cm³/mol. The normalized spacial score (nSPS) is 14.8. The van der Waals surface area contributed by atoms with Gasteiger partial charge < -0.3 is 14.2 Å². The van der Waals surface area contributed by atoms with Crippen LogP contribution in [0.1, 0.15) is 58.5 Å². The van der Waals surface area contributed by atoms with Crippen molar-refractivity contribution in [3.63, 3.8) is 0 Å². The van der Waals surface area contributed by atoms with Gasteiger partial charge >= 0.3 is 0 Å². The summed E-state index contributed by atoms with van der Waals surface area (Å²) in [4.78, 5) is 45.2. The van der Waals surface area contributed by atoms with Crippen LogP contribution < -0.4 is 13.9 Å². The van der Waals surface area contributed by atoms with Crippen molar-refractivity contribution in [2.75, 3.05) is 60.4 Å². The van der Waals surface area contributed by atoms with Crippen LogP contribution in [0.3, 0.4) is 0 Å². The fourth-order valence-electron chi connectivity index (χ4n) is 8.57. The molecule has 0 spiro atoms. The maximum Gasteiger partial charge on any atom is 0.289 e. The highest BCUT2D eigenvalue weighted by Crippen LogP contribution is 2.41. The standard InChI is InChI=1S/C28H25FN4O8S2.C22H22FN3O4S/c1-4-23(34)25-21-15-20-17(2)16-31(43(39,40)24-8-6-5-7-22(24)33(35)36)13-14-32(42(3,37)38)27(20)30-28(21)41-26(25)18-9-11-19(29)12-10-18;1-4-18(27)19-17-11-16-13(2)12-24-9-10-26(31(3,28)29)21(16)25-22(17)30-20(19)14-5-7-15(23)8-6-14/h5-12,15H,2,4,13-14,16H2,1,3H3;5-8,11,24H,2,4,9-10,12H2,1,3H3. The molecule has 74 heavy (non-hydrogen) atoms. The lowest BCUT2D eigenvalue weighted by molar-refractivity contribution is -0.387. The molecule has 2 aliphatic rings. The van der Waals surface area contributed by atoms with E-state index in [1.807, 2.05) is 0 Å². The Hall–Kier alpha value is -7.51. The number of nitro benzene ring substituents is 1. The molecule has 7 aromatic rings. The van der Waals surface area contributed by atoms with Gasteiger partial charge in [0.15, 0.2) is 28.1 Å². The molecule has 386 valence electrons. The van der Waals surface area contributed by atoms with Crippen molar-refractivity contribution in [3.8, 4) is 22.6 Å². The van der Waals surface area contributed by atoms with Crippen LogP contribution in [0.25, 0.3) is 56.0 Å². The van der Waals surface area contributed by atoms with Gasteiger partial charge in [0, 0.05) is 80.4 Å². The minimum Gasteiger partial charge on any atom is -0.437 e. The molecule has 0 saturated heterocycles. The molecule has 0 bridgehead atoms. The zero-order chi connectivity index (χ0) is 53.6. The summed E-state index contributed by atoms with van der Waals surface area (Å²) in [5.41, 5.74) is 2.31. The smallest absolute Gasteiger partial charge is 0.289 e. The minimum atomic E-state index is -4.50. The van der Waals surface area contributed by atoms with E-state index in [1.54, 1.807) is 19.9 Å². The number of halogens is 2. The Kier molecular flexibility index (Phi) is 14.6. The molecule has 4 aromatic heterocycles. The monoisotopic (exact) mass is 1070 g/mol. The number of ketones is 2. The van der Waals surface area contributed by atoms with E-state index >= 15 is 0 Å². The van der Waals surface area contributed by atoms with Crippen molar-refractivity contribution in [1.82, 2.24) is 19.6 Å². The molecule has 0 unspecified atom stereocenters. The first kappa shape index (κ1) is 52.8. The van der Waals surface area contributed by atoms with Crippen molar-refractivity contribution < 1.29 is 57.4 Å². The SMILES string of the molecule is C=C1CN(S(=O)(=O)c2ccccc2[N+](=O)[O-])CCN(S(C)(=O)=O)c2nc3oc(-c4ccc(F)cc4)c(C(=O)CC)c3cc21.C=C1CNCCN(S(C)(=O)=O)c2nc3oc(-c4ccc(F)cc4)c(C(=O)CC)c3cc21. The molecule has 0 amide bonds. The summed E-state index contributed by atoms with van der Waals surface area (Å²) in [5.74, 6) is -0.853. The molecular weight excluding hydrogens is 1020 g/mol. The topological polar surface area (TPSA) is 254 Å². The molecule has 24 heteroatoms. The average molecular weight is 1070 g/mol. The molecule has 19 nitrogen and oxygen atoms in total. The zero-order valence-corrected chi connectivity index (χ0v) is 42.7. The first-order valence-electron chi connectivity index (χ1n) is 22.7. The summed E-state index contributed by atoms with van der Waals surface area (Å²) < 4.78 is 120. The minimum absolute atomic E-state index is 0.0544. The van der Waals surface area contributed by atoms with Crippen LogP contribution in [0.5, 0.6) is 0 Å². The molecule has 0 aliphatic carbocycles. The third-order valence-corrected chi connectivity index (χ3v) is 16.4. The second kappa shape index (κ2) is 20.4. The number of nitrogens with zero attached hydrogens (tertiary/aromatic N) is 6. The van der Waals surface area contributed by atoms with Crippen molar-refractivity contribution in [1.29, 1.82) is 0 Å². The summed E-state index contributed by atoms with van der Waals surface area (Å²) in [7, 11) is -12.2. The summed E-state index contributed by atoms with van der Waals surface area (Å²) in [6, 6.07) is 18.9. The highest BCUT2D eigenvalue weighted by molar-refractivity contribution is 7.92. The van der Waals surface area contributed by atoms with Gasteiger partial charge in [0.25, 0.3) is 5.69 Å². The molecule has 0 radical (unpaired) electrons. The summed E-state index contributed by atoms with van der Waals surface area (Å²) in [5, 5.41) is 15.5.